The number of rotatable bonds is 7. The zero-order chi connectivity index (χ0) is 14.4. The van der Waals surface area contributed by atoms with Crippen LogP contribution < -0.4 is 10.1 Å². The van der Waals surface area contributed by atoms with Gasteiger partial charge in [0, 0.05) is 11.9 Å². The molecule has 0 atom stereocenters. The fraction of sp³-hybridized carbons (Fsp3) is 0.438. The molecule has 0 aliphatic carbocycles. The molecule has 0 radical (unpaired) electrons. The third-order valence-corrected chi connectivity index (χ3v) is 3.92. The summed E-state index contributed by atoms with van der Waals surface area (Å²) in [5.41, 5.74) is 2.34. The predicted molar refractivity (Wildman–Crippen MR) is 84.4 cm³/mol. The highest BCUT2D eigenvalue weighted by atomic mass is 32.1. The molecule has 1 aromatic heterocycles. The standard InChI is InChI=1S/C16H22N2OS/c1-4-17-9-13-11-20-16(18-13)10-19-15-8-6-5-7-14(15)12(2)3/h5-8,11-12,17H,4,9-10H2,1-3H3. The molecule has 1 N–H and O–H groups in total. The van der Waals surface area contributed by atoms with E-state index in [1.165, 1.54) is 5.56 Å². The first kappa shape index (κ1) is 15.0. The van der Waals surface area contributed by atoms with Crippen LogP contribution in [0.15, 0.2) is 29.6 Å². The number of para-hydroxylation sites is 1. The molecule has 3 nitrogen and oxygen atoms in total. The lowest BCUT2D eigenvalue weighted by Gasteiger charge is -2.12. The third-order valence-electron chi connectivity index (χ3n) is 3.05. The van der Waals surface area contributed by atoms with Gasteiger partial charge < -0.3 is 10.1 Å². The Morgan fingerprint density at radius 2 is 2.10 bits per heavy atom. The van der Waals surface area contributed by atoms with Gasteiger partial charge in [-0.25, -0.2) is 4.98 Å². The normalized spacial score (nSPS) is 11.0. The second kappa shape index (κ2) is 7.41. The third kappa shape index (κ3) is 4.05. The van der Waals surface area contributed by atoms with Gasteiger partial charge in [-0.1, -0.05) is 39.0 Å². The van der Waals surface area contributed by atoms with Crippen LogP contribution in [0.25, 0.3) is 0 Å². The SMILES string of the molecule is CCNCc1csc(COc2ccccc2C(C)C)n1. The van der Waals surface area contributed by atoms with Crippen LogP contribution in [0.2, 0.25) is 0 Å². The van der Waals surface area contributed by atoms with Crippen LogP contribution in [-0.4, -0.2) is 11.5 Å². The summed E-state index contributed by atoms with van der Waals surface area (Å²) < 4.78 is 5.93. The molecule has 1 aromatic carbocycles. The molecule has 2 aromatic rings. The molecule has 0 bridgehead atoms. The minimum absolute atomic E-state index is 0.465. The fourth-order valence-corrected chi connectivity index (χ4v) is 2.68. The van der Waals surface area contributed by atoms with Gasteiger partial charge in [0.2, 0.25) is 0 Å². The van der Waals surface area contributed by atoms with Gasteiger partial charge in [0.05, 0.1) is 5.69 Å². The Morgan fingerprint density at radius 3 is 2.85 bits per heavy atom. The van der Waals surface area contributed by atoms with Gasteiger partial charge in [-0.05, 0) is 24.1 Å². The first-order chi connectivity index (χ1) is 9.70. The highest BCUT2D eigenvalue weighted by molar-refractivity contribution is 7.09. The summed E-state index contributed by atoms with van der Waals surface area (Å²) >= 11 is 1.66. The molecule has 0 aliphatic rings. The van der Waals surface area contributed by atoms with Gasteiger partial charge in [0.1, 0.15) is 17.4 Å². The van der Waals surface area contributed by atoms with E-state index in [1.807, 2.05) is 12.1 Å². The molecule has 0 spiro atoms. The summed E-state index contributed by atoms with van der Waals surface area (Å²) in [4.78, 5) is 4.57. The van der Waals surface area contributed by atoms with Crippen molar-refractivity contribution in [2.45, 2.75) is 39.8 Å². The second-order valence-electron chi connectivity index (χ2n) is 4.99. The van der Waals surface area contributed by atoms with Gasteiger partial charge >= 0.3 is 0 Å². The molecule has 20 heavy (non-hydrogen) atoms. The van der Waals surface area contributed by atoms with Crippen molar-refractivity contribution in [1.29, 1.82) is 0 Å². The Morgan fingerprint density at radius 1 is 1.30 bits per heavy atom. The van der Waals surface area contributed by atoms with Crippen LogP contribution in [0.4, 0.5) is 0 Å². The maximum Gasteiger partial charge on any atom is 0.140 e. The smallest absolute Gasteiger partial charge is 0.140 e. The molecule has 0 amide bonds. The highest BCUT2D eigenvalue weighted by Gasteiger charge is 2.08. The molecule has 0 unspecified atom stereocenters. The number of benzene rings is 1. The van der Waals surface area contributed by atoms with Crippen LogP contribution >= 0.6 is 11.3 Å². The molecule has 4 heteroatoms. The van der Waals surface area contributed by atoms with Crippen LogP contribution in [-0.2, 0) is 13.2 Å². The van der Waals surface area contributed by atoms with Gasteiger partial charge in [-0.2, -0.15) is 0 Å². The van der Waals surface area contributed by atoms with Gasteiger partial charge in [0.15, 0.2) is 0 Å². The maximum absolute atomic E-state index is 5.93. The van der Waals surface area contributed by atoms with Crippen molar-refractivity contribution in [1.82, 2.24) is 10.3 Å². The second-order valence-corrected chi connectivity index (χ2v) is 5.94. The minimum atomic E-state index is 0.465. The first-order valence-electron chi connectivity index (χ1n) is 7.06. The van der Waals surface area contributed by atoms with Crippen LogP contribution in [0.5, 0.6) is 5.75 Å². The van der Waals surface area contributed by atoms with Crippen LogP contribution in [0, 0.1) is 0 Å². The Hall–Kier alpha value is -1.39. The number of aromatic nitrogens is 1. The number of hydrogen-bond donors (Lipinski definition) is 1. The zero-order valence-corrected chi connectivity index (χ0v) is 13.2. The number of nitrogens with one attached hydrogen (secondary N) is 1. The Balaban J connectivity index is 1.96. The lowest BCUT2D eigenvalue weighted by atomic mass is 10.0. The quantitative estimate of drug-likeness (QED) is 0.838. The predicted octanol–water partition coefficient (Wildman–Crippen LogP) is 3.96. The summed E-state index contributed by atoms with van der Waals surface area (Å²) in [6, 6.07) is 8.22. The summed E-state index contributed by atoms with van der Waals surface area (Å²) in [5.74, 6) is 1.43. The van der Waals surface area contributed by atoms with Crippen LogP contribution in [0.1, 0.15) is 43.0 Å². The largest absolute Gasteiger partial charge is 0.486 e. The molecule has 108 valence electrons. The fourth-order valence-electron chi connectivity index (χ4n) is 1.98. The van der Waals surface area contributed by atoms with Crippen molar-refractivity contribution in [3.8, 4) is 5.75 Å². The Labute approximate surface area is 125 Å². The molecule has 2 rings (SSSR count). The van der Waals surface area contributed by atoms with Crippen molar-refractivity contribution in [3.63, 3.8) is 0 Å². The number of nitrogens with zero attached hydrogens (tertiary/aromatic N) is 1. The average Bonchev–Trinajstić information content (AvgIpc) is 2.91. The lowest BCUT2D eigenvalue weighted by Crippen LogP contribution is -2.12. The summed E-state index contributed by atoms with van der Waals surface area (Å²) in [6.07, 6.45) is 0. The van der Waals surface area contributed by atoms with E-state index in [0.717, 1.165) is 29.5 Å². The summed E-state index contributed by atoms with van der Waals surface area (Å²) in [5, 5.41) is 6.40. The van der Waals surface area contributed by atoms with Crippen molar-refractivity contribution in [2.75, 3.05) is 6.54 Å². The molecule has 0 saturated heterocycles. The number of hydrogen-bond acceptors (Lipinski definition) is 4. The van der Waals surface area contributed by atoms with E-state index in [-0.39, 0.29) is 0 Å². The zero-order valence-electron chi connectivity index (χ0n) is 12.3. The maximum atomic E-state index is 5.93. The monoisotopic (exact) mass is 290 g/mol. The topological polar surface area (TPSA) is 34.1 Å². The van der Waals surface area contributed by atoms with Crippen molar-refractivity contribution in [2.24, 2.45) is 0 Å². The van der Waals surface area contributed by atoms with Gasteiger partial charge in [-0.3, -0.25) is 0 Å². The van der Waals surface area contributed by atoms with Crippen LogP contribution in [0.3, 0.4) is 0 Å². The van der Waals surface area contributed by atoms with E-state index in [1.54, 1.807) is 11.3 Å². The lowest BCUT2D eigenvalue weighted by molar-refractivity contribution is 0.301. The van der Waals surface area contributed by atoms with Gasteiger partial charge in [-0.15, -0.1) is 11.3 Å². The molecule has 0 fully saturated rings. The Kier molecular flexibility index (Phi) is 5.56. The van der Waals surface area contributed by atoms with E-state index in [9.17, 15) is 0 Å². The minimum Gasteiger partial charge on any atom is -0.486 e. The molecular weight excluding hydrogens is 268 g/mol. The number of ether oxygens (including phenoxy) is 1. The molecule has 0 aliphatic heterocycles. The van der Waals surface area contributed by atoms with Crippen molar-refractivity contribution >= 4 is 11.3 Å². The Bertz CT molecular complexity index is 537. The van der Waals surface area contributed by atoms with E-state index in [2.05, 4.69) is 48.6 Å². The molecule has 0 saturated carbocycles. The average molecular weight is 290 g/mol. The summed E-state index contributed by atoms with van der Waals surface area (Å²) in [7, 11) is 0. The van der Waals surface area contributed by atoms with Gasteiger partial charge in [0.25, 0.3) is 0 Å². The number of thiazole rings is 1. The van der Waals surface area contributed by atoms with Crippen molar-refractivity contribution < 1.29 is 4.74 Å². The molecule has 1 heterocycles. The molecular formula is C16H22N2OS. The van der Waals surface area contributed by atoms with E-state index >= 15 is 0 Å². The van der Waals surface area contributed by atoms with Crippen molar-refractivity contribution in [3.05, 3.63) is 45.9 Å². The van der Waals surface area contributed by atoms with E-state index in [4.69, 9.17) is 4.74 Å². The first-order valence-corrected chi connectivity index (χ1v) is 7.94. The van der Waals surface area contributed by atoms with E-state index < -0.39 is 0 Å². The van der Waals surface area contributed by atoms with E-state index in [0.29, 0.717) is 12.5 Å². The highest BCUT2D eigenvalue weighted by Crippen LogP contribution is 2.26. The summed E-state index contributed by atoms with van der Waals surface area (Å²) in [6.45, 7) is 8.79.